The smallest absolute Gasteiger partial charge is 0.256 e. The molecule has 3 heterocycles. The molecule has 2 aliphatic heterocycles. The van der Waals surface area contributed by atoms with Crippen LogP contribution in [0.1, 0.15) is 43.7 Å². The lowest BCUT2D eigenvalue weighted by atomic mass is 9.83. The highest BCUT2D eigenvalue weighted by atomic mass is 32.1. The van der Waals surface area contributed by atoms with Gasteiger partial charge >= 0.3 is 0 Å². The van der Waals surface area contributed by atoms with Crippen LogP contribution in [-0.2, 0) is 16.9 Å². The Morgan fingerprint density at radius 3 is 2.17 bits per heavy atom. The van der Waals surface area contributed by atoms with E-state index in [1.807, 2.05) is 65.6 Å². The third-order valence-electron chi connectivity index (χ3n) is 6.06. The highest BCUT2D eigenvalue weighted by Crippen LogP contribution is 2.52. The van der Waals surface area contributed by atoms with E-state index in [9.17, 15) is 4.79 Å². The maximum Gasteiger partial charge on any atom is 0.256 e. The fourth-order valence-corrected chi connectivity index (χ4v) is 5.80. The topological polar surface area (TPSA) is 29.5 Å². The highest BCUT2D eigenvalue weighted by Gasteiger charge is 2.50. The second kappa shape index (κ2) is 6.66. The lowest BCUT2D eigenvalue weighted by Gasteiger charge is -2.37. The fraction of sp³-hybridized carbons (Fsp3) is 0.115. The zero-order chi connectivity index (χ0) is 20.1. The van der Waals surface area contributed by atoms with Crippen LogP contribution in [0, 0.1) is 0 Å². The van der Waals surface area contributed by atoms with Crippen LogP contribution in [0.2, 0.25) is 0 Å². The van der Waals surface area contributed by atoms with Crippen molar-refractivity contribution in [1.82, 2.24) is 4.90 Å². The van der Waals surface area contributed by atoms with Gasteiger partial charge in [0.25, 0.3) is 5.91 Å². The van der Waals surface area contributed by atoms with Crippen molar-refractivity contribution in [2.45, 2.75) is 18.4 Å². The molecule has 3 nitrogen and oxygen atoms in total. The first kappa shape index (κ1) is 17.6. The van der Waals surface area contributed by atoms with Gasteiger partial charge in [-0.15, -0.1) is 11.3 Å². The average Bonchev–Trinajstić information content (AvgIpc) is 3.33. The van der Waals surface area contributed by atoms with Crippen LogP contribution >= 0.6 is 11.3 Å². The van der Waals surface area contributed by atoms with E-state index in [-0.39, 0.29) is 5.91 Å². The minimum Gasteiger partial charge on any atom is -0.332 e. The highest BCUT2D eigenvalue weighted by molar-refractivity contribution is 7.10. The first-order chi connectivity index (χ1) is 14.8. The Bertz CT molecular complexity index is 1190. The molecular formula is C26H19NO2S. The predicted molar refractivity (Wildman–Crippen MR) is 117 cm³/mol. The summed E-state index contributed by atoms with van der Waals surface area (Å²) in [6, 6.07) is 30.7. The molecular weight excluding hydrogens is 390 g/mol. The second-order valence-electron chi connectivity index (χ2n) is 7.68. The van der Waals surface area contributed by atoms with Crippen molar-refractivity contribution < 1.29 is 9.53 Å². The molecule has 146 valence electrons. The van der Waals surface area contributed by atoms with Crippen molar-refractivity contribution in [1.29, 1.82) is 0 Å². The van der Waals surface area contributed by atoms with Gasteiger partial charge in [-0.1, -0.05) is 78.9 Å². The summed E-state index contributed by atoms with van der Waals surface area (Å²) in [6.07, 6.45) is -0.436. The van der Waals surface area contributed by atoms with Gasteiger partial charge in [-0.2, -0.15) is 0 Å². The molecule has 0 N–H and O–H groups in total. The van der Waals surface area contributed by atoms with Gasteiger partial charge in [0.1, 0.15) is 0 Å². The molecule has 4 aromatic rings. The van der Waals surface area contributed by atoms with E-state index in [1.165, 1.54) is 0 Å². The number of benzene rings is 3. The monoisotopic (exact) mass is 409 g/mol. The van der Waals surface area contributed by atoms with Crippen molar-refractivity contribution in [2.75, 3.05) is 0 Å². The van der Waals surface area contributed by atoms with Crippen LogP contribution in [0.15, 0.2) is 96.4 Å². The molecule has 0 radical (unpaired) electrons. The molecule has 0 aliphatic carbocycles. The Hall–Kier alpha value is -3.21. The lowest BCUT2D eigenvalue weighted by molar-refractivity contribution is -0.102. The van der Waals surface area contributed by atoms with E-state index in [4.69, 9.17) is 4.74 Å². The molecule has 2 aliphatic rings. The Morgan fingerprint density at radius 1 is 0.833 bits per heavy atom. The summed E-state index contributed by atoms with van der Waals surface area (Å²) >= 11 is 1.69. The fourth-order valence-electron chi connectivity index (χ4n) is 4.70. The van der Waals surface area contributed by atoms with E-state index >= 15 is 0 Å². The largest absolute Gasteiger partial charge is 0.332 e. The zero-order valence-electron chi connectivity index (χ0n) is 16.2. The molecule has 6 rings (SSSR count). The van der Waals surface area contributed by atoms with E-state index in [0.29, 0.717) is 6.54 Å². The standard InChI is InChI=1S/C26H19NO2S/c28-24-21-13-7-8-14-22(21)25-27(24)17-18-15-16-30-23(18)26(29-25,19-9-3-1-4-10-19)20-11-5-2-6-12-20/h1-16,25H,17H2. The molecule has 4 heteroatoms. The Balaban J connectivity index is 1.66. The summed E-state index contributed by atoms with van der Waals surface area (Å²) in [6.45, 7) is 0.540. The number of hydrogen-bond acceptors (Lipinski definition) is 3. The Labute approximate surface area is 179 Å². The van der Waals surface area contributed by atoms with E-state index in [0.717, 1.165) is 32.7 Å². The van der Waals surface area contributed by atoms with Gasteiger partial charge in [0.2, 0.25) is 0 Å². The Morgan fingerprint density at radius 2 is 1.47 bits per heavy atom. The van der Waals surface area contributed by atoms with E-state index in [1.54, 1.807) is 11.3 Å². The number of rotatable bonds is 2. The van der Waals surface area contributed by atoms with Crippen molar-refractivity contribution in [3.63, 3.8) is 0 Å². The lowest BCUT2D eigenvalue weighted by Crippen LogP contribution is -2.35. The molecule has 1 unspecified atom stereocenters. The summed E-state index contributed by atoms with van der Waals surface area (Å²) in [5.41, 5.74) is 4.15. The molecule has 0 fully saturated rings. The first-order valence-electron chi connectivity index (χ1n) is 10.0. The number of ether oxygens (including phenoxy) is 1. The summed E-state index contributed by atoms with van der Waals surface area (Å²) in [5.74, 6) is 0.0321. The van der Waals surface area contributed by atoms with Gasteiger partial charge in [0.05, 0.1) is 11.4 Å². The maximum absolute atomic E-state index is 13.2. The molecule has 1 amide bonds. The third-order valence-corrected chi connectivity index (χ3v) is 7.11. The number of hydrogen-bond donors (Lipinski definition) is 0. The van der Waals surface area contributed by atoms with Crippen LogP contribution in [0.3, 0.4) is 0 Å². The molecule has 0 saturated carbocycles. The molecule has 0 spiro atoms. The molecule has 1 aromatic heterocycles. The van der Waals surface area contributed by atoms with Crippen molar-refractivity contribution in [2.24, 2.45) is 0 Å². The quantitative estimate of drug-likeness (QED) is 0.423. The van der Waals surface area contributed by atoms with Gasteiger partial charge in [-0.05, 0) is 34.2 Å². The van der Waals surface area contributed by atoms with Crippen molar-refractivity contribution in [3.8, 4) is 0 Å². The molecule has 0 bridgehead atoms. The van der Waals surface area contributed by atoms with Crippen molar-refractivity contribution in [3.05, 3.63) is 129 Å². The zero-order valence-corrected chi connectivity index (χ0v) is 17.0. The van der Waals surface area contributed by atoms with Crippen LogP contribution in [0.25, 0.3) is 0 Å². The molecule has 1 atom stereocenters. The van der Waals surface area contributed by atoms with Gasteiger partial charge in [-0.25, -0.2) is 0 Å². The van der Waals surface area contributed by atoms with Crippen molar-refractivity contribution >= 4 is 17.2 Å². The minimum atomic E-state index is -0.789. The molecule has 3 aromatic carbocycles. The van der Waals surface area contributed by atoms with E-state index in [2.05, 4.69) is 35.7 Å². The summed E-state index contributed by atoms with van der Waals surface area (Å²) in [4.78, 5) is 16.3. The number of thiophene rings is 1. The summed E-state index contributed by atoms with van der Waals surface area (Å²) in [7, 11) is 0. The summed E-state index contributed by atoms with van der Waals surface area (Å²) in [5, 5.41) is 2.10. The van der Waals surface area contributed by atoms with Crippen LogP contribution in [0.4, 0.5) is 0 Å². The third kappa shape index (κ3) is 2.38. The van der Waals surface area contributed by atoms with Gasteiger partial charge in [0.15, 0.2) is 11.8 Å². The number of fused-ring (bicyclic) bond motifs is 4. The predicted octanol–water partition coefficient (Wildman–Crippen LogP) is 5.72. The minimum absolute atomic E-state index is 0.0321. The van der Waals surface area contributed by atoms with Crippen LogP contribution in [0.5, 0.6) is 0 Å². The van der Waals surface area contributed by atoms with Gasteiger partial charge in [-0.3, -0.25) is 4.79 Å². The Kier molecular flexibility index (Phi) is 3.91. The normalized spacial score (nSPS) is 19.0. The maximum atomic E-state index is 13.2. The number of amides is 1. The molecule has 0 saturated heterocycles. The average molecular weight is 410 g/mol. The first-order valence-corrected chi connectivity index (χ1v) is 10.9. The van der Waals surface area contributed by atoms with Crippen LogP contribution in [-0.4, -0.2) is 10.8 Å². The number of carbonyl (C=O) groups is 1. The second-order valence-corrected chi connectivity index (χ2v) is 8.59. The van der Waals surface area contributed by atoms with E-state index < -0.39 is 11.8 Å². The summed E-state index contributed by atoms with van der Waals surface area (Å²) < 4.78 is 7.09. The number of carbonyl (C=O) groups excluding carboxylic acids is 1. The SMILES string of the molecule is O=C1c2ccccc2C2OC(c3ccccc3)(c3ccccc3)c3sccc3CN12. The van der Waals surface area contributed by atoms with Gasteiger partial charge in [0, 0.05) is 11.1 Å². The van der Waals surface area contributed by atoms with Gasteiger partial charge < -0.3 is 9.64 Å². The molecule has 30 heavy (non-hydrogen) atoms. The number of nitrogens with zero attached hydrogens (tertiary/aromatic N) is 1. The van der Waals surface area contributed by atoms with Crippen LogP contribution < -0.4 is 0 Å².